The number of hydrogen-bond acceptors (Lipinski definition) is 2. The average molecular weight is 266 g/mol. The smallest absolute Gasteiger partial charge is 0.122 e. The number of halogens is 1. The number of benzene rings is 1. The van der Waals surface area contributed by atoms with Crippen LogP contribution < -0.4 is 5.73 Å². The summed E-state index contributed by atoms with van der Waals surface area (Å²) in [5, 5.41) is 7.76. The zero-order valence-electron chi connectivity index (χ0n) is 8.20. The van der Waals surface area contributed by atoms with E-state index in [1.807, 2.05) is 11.0 Å². The quantitative estimate of drug-likeness (QED) is 0.605. The van der Waals surface area contributed by atoms with E-state index >= 15 is 0 Å². The third-order valence-electron chi connectivity index (χ3n) is 2.49. The monoisotopic (exact) mass is 265 g/mol. The van der Waals surface area contributed by atoms with Crippen LogP contribution in [-0.2, 0) is 13.1 Å². The molecule has 3 N–H and O–H groups in total. The molecule has 0 saturated heterocycles. The molecule has 78 valence electrons. The van der Waals surface area contributed by atoms with Crippen molar-refractivity contribution in [3.05, 3.63) is 46.1 Å². The highest BCUT2D eigenvalue weighted by molar-refractivity contribution is 9.10. The summed E-state index contributed by atoms with van der Waals surface area (Å²) in [5.74, 6) is 0.463. The molecule has 1 aliphatic rings. The van der Waals surface area contributed by atoms with Crippen LogP contribution in [0.3, 0.4) is 0 Å². The van der Waals surface area contributed by atoms with E-state index in [9.17, 15) is 0 Å². The van der Waals surface area contributed by atoms with E-state index in [4.69, 9.17) is 11.1 Å². The van der Waals surface area contributed by atoms with Gasteiger partial charge in [0.05, 0.1) is 0 Å². The van der Waals surface area contributed by atoms with Crippen molar-refractivity contribution in [2.75, 3.05) is 0 Å². The number of hydrogen-bond donors (Lipinski definition) is 2. The summed E-state index contributed by atoms with van der Waals surface area (Å²) in [7, 11) is 0. The van der Waals surface area contributed by atoms with Crippen LogP contribution in [0.15, 0.2) is 34.9 Å². The van der Waals surface area contributed by atoms with Gasteiger partial charge < -0.3 is 10.6 Å². The van der Waals surface area contributed by atoms with E-state index in [-0.39, 0.29) is 0 Å². The molecule has 0 saturated carbocycles. The Morgan fingerprint density at radius 1 is 1.40 bits per heavy atom. The summed E-state index contributed by atoms with van der Waals surface area (Å²) >= 11 is 3.45. The van der Waals surface area contributed by atoms with Gasteiger partial charge in [0.2, 0.25) is 0 Å². The molecule has 0 aliphatic carbocycles. The van der Waals surface area contributed by atoms with Crippen LogP contribution in [0.5, 0.6) is 0 Å². The molecular formula is C11H12BrN3. The van der Waals surface area contributed by atoms with Gasteiger partial charge in [0, 0.05) is 17.6 Å². The fourth-order valence-electron chi connectivity index (χ4n) is 1.73. The minimum atomic E-state index is 0.463. The molecule has 4 heteroatoms. The first kappa shape index (κ1) is 10.2. The zero-order valence-corrected chi connectivity index (χ0v) is 9.79. The van der Waals surface area contributed by atoms with Gasteiger partial charge in [-0.25, -0.2) is 0 Å². The summed E-state index contributed by atoms with van der Waals surface area (Å²) in [6.07, 6.45) is 3.02. The minimum Gasteiger partial charge on any atom is -0.404 e. The molecule has 0 aromatic heterocycles. The number of rotatable bonds is 1. The van der Waals surface area contributed by atoms with E-state index in [1.165, 1.54) is 17.3 Å². The van der Waals surface area contributed by atoms with Crippen LogP contribution in [-0.4, -0.2) is 10.7 Å². The van der Waals surface area contributed by atoms with Crippen molar-refractivity contribution in [3.8, 4) is 0 Å². The lowest BCUT2D eigenvalue weighted by atomic mass is 10.1. The van der Waals surface area contributed by atoms with Gasteiger partial charge >= 0.3 is 0 Å². The number of nitrogens with two attached hydrogens (primary N) is 1. The summed E-state index contributed by atoms with van der Waals surface area (Å²) in [5.41, 5.74) is 7.83. The summed E-state index contributed by atoms with van der Waals surface area (Å²) < 4.78 is 1.09. The first-order valence-corrected chi connectivity index (χ1v) is 5.49. The lowest BCUT2D eigenvalue weighted by Crippen LogP contribution is -2.22. The highest BCUT2D eigenvalue weighted by Gasteiger charge is 2.19. The van der Waals surface area contributed by atoms with Crippen molar-refractivity contribution in [1.29, 1.82) is 5.41 Å². The molecule has 0 unspecified atom stereocenters. The van der Waals surface area contributed by atoms with E-state index < -0.39 is 0 Å². The van der Waals surface area contributed by atoms with Crippen LogP contribution in [0.2, 0.25) is 0 Å². The molecule has 2 rings (SSSR count). The zero-order chi connectivity index (χ0) is 10.8. The van der Waals surface area contributed by atoms with Crippen molar-refractivity contribution in [2.45, 2.75) is 13.1 Å². The Balaban J connectivity index is 2.19. The topological polar surface area (TPSA) is 53.1 Å². The van der Waals surface area contributed by atoms with Gasteiger partial charge in [-0.05, 0) is 35.5 Å². The second-order valence-corrected chi connectivity index (χ2v) is 4.43. The lowest BCUT2D eigenvalue weighted by Gasteiger charge is -2.15. The van der Waals surface area contributed by atoms with E-state index in [0.717, 1.165) is 17.6 Å². The normalized spacial score (nSPS) is 14.6. The van der Waals surface area contributed by atoms with Gasteiger partial charge in [-0.15, -0.1) is 0 Å². The van der Waals surface area contributed by atoms with Gasteiger partial charge in [0.25, 0.3) is 0 Å². The lowest BCUT2D eigenvalue weighted by molar-refractivity contribution is 0.447. The number of nitrogens with one attached hydrogen (secondary N) is 1. The van der Waals surface area contributed by atoms with Crippen molar-refractivity contribution in [3.63, 3.8) is 0 Å². The van der Waals surface area contributed by atoms with Gasteiger partial charge in [-0.2, -0.15) is 0 Å². The fraction of sp³-hybridized carbons (Fsp3) is 0.182. The van der Waals surface area contributed by atoms with Gasteiger partial charge in [0.15, 0.2) is 0 Å². The van der Waals surface area contributed by atoms with Crippen molar-refractivity contribution in [1.82, 2.24) is 4.90 Å². The van der Waals surface area contributed by atoms with E-state index in [2.05, 4.69) is 28.1 Å². The van der Waals surface area contributed by atoms with Crippen molar-refractivity contribution < 1.29 is 0 Å². The first-order valence-electron chi connectivity index (χ1n) is 4.70. The van der Waals surface area contributed by atoms with Crippen LogP contribution in [0, 0.1) is 5.41 Å². The Morgan fingerprint density at radius 3 is 2.87 bits per heavy atom. The Morgan fingerprint density at radius 2 is 2.13 bits per heavy atom. The van der Waals surface area contributed by atoms with Gasteiger partial charge in [-0.3, -0.25) is 5.41 Å². The molecule has 3 nitrogen and oxygen atoms in total. The van der Waals surface area contributed by atoms with Crippen LogP contribution >= 0.6 is 15.9 Å². The molecule has 1 aromatic rings. The summed E-state index contributed by atoms with van der Waals surface area (Å²) in [4.78, 5) is 1.99. The SMILES string of the molecule is N=C(/C=C\N)N1Cc2ccc(Br)cc2C1. The maximum absolute atomic E-state index is 7.76. The summed E-state index contributed by atoms with van der Waals surface area (Å²) in [6, 6.07) is 6.23. The first-order chi connectivity index (χ1) is 7.20. The standard InChI is InChI=1S/C11H12BrN3/c12-10-2-1-8-6-15(7-9(8)5-10)11(14)3-4-13/h1-5,14H,6-7,13H2/b4-3-,14-11?. The minimum absolute atomic E-state index is 0.463. The average Bonchev–Trinajstić information content (AvgIpc) is 2.60. The second-order valence-electron chi connectivity index (χ2n) is 3.51. The molecule has 0 atom stereocenters. The third kappa shape index (κ3) is 2.04. The van der Waals surface area contributed by atoms with Crippen LogP contribution in [0.1, 0.15) is 11.1 Å². The Labute approximate surface area is 97.2 Å². The molecule has 0 radical (unpaired) electrons. The van der Waals surface area contributed by atoms with Crippen LogP contribution in [0.25, 0.3) is 0 Å². The van der Waals surface area contributed by atoms with Gasteiger partial charge in [-0.1, -0.05) is 22.0 Å². The molecule has 0 fully saturated rings. The van der Waals surface area contributed by atoms with E-state index in [1.54, 1.807) is 6.08 Å². The molecule has 1 heterocycles. The molecule has 1 aromatic carbocycles. The molecule has 0 amide bonds. The largest absolute Gasteiger partial charge is 0.404 e. The third-order valence-corrected chi connectivity index (χ3v) is 2.98. The predicted octanol–water partition coefficient (Wildman–Crippen LogP) is 2.21. The highest BCUT2D eigenvalue weighted by atomic mass is 79.9. The molecule has 1 aliphatic heterocycles. The summed E-state index contributed by atoms with van der Waals surface area (Å²) in [6.45, 7) is 1.59. The molecule has 0 bridgehead atoms. The number of amidine groups is 1. The maximum Gasteiger partial charge on any atom is 0.122 e. The van der Waals surface area contributed by atoms with Crippen LogP contribution in [0.4, 0.5) is 0 Å². The molecule has 0 spiro atoms. The second kappa shape index (κ2) is 4.06. The number of fused-ring (bicyclic) bond motifs is 1. The molecular weight excluding hydrogens is 254 g/mol. The Bertz CT molecular complexity index is 426. The Hall–Kier alpha value is -1.29. The van der Waals surface area contributed by atoms with Crippen molar-refractivity contribution in [2.24, 2.45) is 5.73 Å². The predicted molar refractivity (Wildman–Crippen MR) is 64.4 cm³/mol. The fourth-order valence-corrected chi connectivity index (χ4v) is 2.14. The molecule has 15 heavy (non-hydrogen) atoms. The number of nitrogens with zero attached hydrogens (tertiary/aromatic N) is 1. The van der Waals surface area contributed by atoms with Gasteiger partial charge in [0.1, 0.15) is 5.84 Å². The van der Waals surface area contributed by atoms with Crippen molar-refractivity contribution >= 4 is 21.8 Å². The maximum atomic E-state index is 7.76. The highest BCUT2D eigenvalue weighted by Crippen LogP contribution is 2.25. The van der Waals surface area contributed by atoms with E-state index in [0.29, 0.717) is 5.84 Å². The Kier molecular flexibility index (Phi) is 2.77.